The molecule has 80 valence electrons. The van der Waals surface area contributed by atoms with E-state index in [1.807, 2.05) is 0 Å². The molecule has 0 aliphatic heterocycles. The largest absolute Gasteiger partial charge is 0.397 e. The molecule has 0 spiro atoms. The van der Waals surface area contributed by atoms with Crippen molar-refractivity contribution in [2.45, 2.75) is 46.6 Å². The van der Waals surface area contributed by atoms with Crippen LogP contribution >= 0.6 is 0 Å². The number of hydrogen-bond donors (Lipinski definition) is 1. The first-order valence-electron chi connectivity index (χ1n) is 4.26. The summed E-state index contributed by atoms with van der Waals surface area (Å²) < 4.78 is 33.3. The van der Waals surface area contributed by atoms with Crippen molar-refractivity contribution in [3.63, 3.8) is 0 Å². The maximum absolute atomic E-state index is 10.3. The molecular weight excluding hydrogens is 192 g/mol. The number of rotatable bonds is 4. The van der Waals surface area contributed by atoms with Gasteiger partial charge < -0.3 is 0 Å². The van der Waals surface area contributed by atoms with Crippen LogP contribution in [-0.4, -0.2) is 19.1 Å². The van der Waals surface area contributed by atoms with Crippen molar-refractivity contribution in [2.75, 3.05) is 0 Å². The Morgan fingerprint density at radius 3 is 2.15 bits per heavy atom. The highest BCUT2D eigenvalue weighted by atomic mass is 32.3. The van der Waals surface area contributed by atoms with Crippen LogP contribution in [0, 0.1) is 5.41 Å². The Kier molecular flexibility index (Phi) is 4.35. The molecule has 1 atom stereocenters. The van der Waals surface area contributed by atoms with Gasteiger partial charge >= 0.3 is 10.4 Å². The minimum Gasteiger partial charge on any atom is -0.264 e. The van der Waals surface area contributed by atoms with E-state index in [-0.39, 0.29) is 5.41 Å². The van der Waals surface area contributed by atoms with Gasteiger partial charge in [0.2, 0.25) is 0 Å². The summed E-state index contributed by atoms with van der Waals surface area (Å²) in [6.07, 6.45) is 1.00. The summed E-state index contributed by atoms with van der Waals surface area (Å²) in [6.45, 7) is 7.81. The van der Waals surface area contributed by atoms with Gasteiger partial charge in [0.05, 0.1) is 6.10 Å². The van der Waals surface area contributed by atoms with Crippen LogP contribution in [0.25, 0.3) is 0 Å². The van der Waals surface area contributed by atoms with Crippen molar-refractivity contribution in [3.8, 4) is 0 Å². The highest BCUT2D eigenvalue weighted by Gasteiger charge is 2.16. The van der Waals surface area contributed by atoms with Gasteiger partial charge in [-0.3, -0.25) is 4.55 Å². The summed E-state index contributed by atoms with van der Waals surface area (Å²) in [4.78, 5) is 0. The highest BCUT2D eigenvalue weighted by Crippen LogP contribution is 2.22. The lowest BCUT2D eigenvalue weighted by molar-refractivity contribution is 0.170. The second kappa shape index (κ2) is 4.39. The molecule has 0 aliphatic rings. The van der Waals surface area contributed by atoms with E-state index in [1.54, 1.807) is 6.92 Å². The minimum atomic E-state index is -4.29. The van der Waals surface area contributed by atoms with Crippen LogP contribution in [0.5, 0.6) is 0 Å². The van der Waals surface area contributed by atoms with Gasteiger partial charge in [-0.15, -0.1) is 0 Å². The van der Waals surface area contributed by atoms with E-state index in [9.17, 15) is 8.42 Å². The van der Waals surface area contributed by atoms with Crippen LogP contribution in [0.2, 0.25) is 0 Å². The number of hydrogen-bond acceptors (Lipinski definition) is 3. The summed E-state index contributed by atoms with van der Waals surface area (Å²) in [5.74, 6) is 0. The van der Waals surface area contributed by atoms with E-state index >= 15 is 0 Å². The van der Waals surface area contributed by atoms with E-state index in [0.29, 0.717) is 6.42 Å². The molecule has 0 radical (unpaired) electrons. The molecule has 1 N–H and O–H groups in total. The first kappa shape index (κ1) is 12.9. The normalized spacial score (nSPS) is 15.8. The quantitative estimate of drug-likeness (QED) is 0.721. The van der Waals surface area contributed by atoms with Crippen molar-refractivity contribution >= 4 is 10.4 Å². The summed E-state index contributed by atoms with van der Waals surface area (Å²) in [5, 5.41) is 0. The third-order valence-electron chi connectivity index (χ3n) is 1.59. The summed E-state index contributed by atoms with van der Waals surface area (Å²) in [7, 11) is -4.29. The SMILES string of the molecule is CC(CCC(C)(C)C)OS(=O)(=O)O. The summed E-state index contributed by atoms with van der Waals surface area (Å²) in [5.41, 5.74) is 0.150. The van der Waals surface area contributed by atoms with Crippen LogP contribution in [0.15, 0.2) is 0 Å². The van der Waals surface area contributed by atoms with E-state index in [4.69, 9.17) is 4.55 Å². The van der Waals surface area contributed by atoms with E-state index in [0.717, 1.165) is 6.42 Å². The maximum atomic E-state index is 10.3. The Morgan fingerprint density at radius 2 is 1.85 bits per heavy atom. The molecule has 0 aromatic rings. The molecule has 0 heterocycles. The summed E-state index contributed by atoms with van der Waals surface area (Å²) >= 11 is 0. The lowest BCUT2D eigenvalue weighted by Gasteiger charge is -2.19. The average molecular weight is 210 g/mol. The fourth-order valence-corrected chi connectivity index (χ4v) is 1.40. The molecular formula is C8H18O4S. The maximum Gasteiger partial charge on any atom is 0.397 e. The van der Waals surface area contributed by atoms with Crippen molar-refractivity contribution < 1.29 is 17.2 Å². The smallest absolute Gasteiger partial charge is 0.264 e. The van der Waals surface area contributed by atoms with Crippen LogP contribution in [0.4, 0.5) is 0 Å². The minimum absolute atomic E-state index is 0.150. The summed E-state index contributed by atoms with van der Waals surface area (Å²) in [6, 6.07) is 0. The van der Waals surface area contributed by atoms with Gasteiger partial charge in [0.25, 0.3) is 0 Å². The van der Waals surface area contributed by atoms with Gasteiger partial charge in [0.1, 0.15) is 0 Å². The molecule has 0 bridgehead atoms. The van der Waals surface area contributed by atoms with Crippen LogP contribution < -0.4 is 0 Å². The topological polar surface area (TPSA) is 63.6 Å². The third kappa shape index (κ3) is 9.79. The van der Waals surface area contributed by atoms with Gasteiger partial charge in [-0.1, -0.05) is 20.8 Å². The molecule has 0 aliphatic carbocycles. The van der Waals surface area contributed by atoms with Crippen molar-refractivity contribution in [1.29, 1.82) is 0 Å². The van der Waals surface area contributed by atoms with Gasteiger partial charge in [0.15, 0.2) is 0 Å². The fraction of sp³-hybridized carbons (Fsp3) is 1.00. The lowest BCUT2D eigenvalue weighted by Crippen LogP contribution is -2.17. The zero-order valence-electron chi connectivity index (χ0n) is 8.57. The van der Waals surface area contributed by atoms with Gasteiger partial charge in [-0.25, -0.2) is 4.18 Å². The zero-order valence-corrected chi connectivity index (χ0v) is 9.39. The zero-order chi connectivity index (χ0) is 10.7. The molecule has 0 rings (SSSR count). The van der Waals surface area contributed by atoms with Crippen molar-refractivity contribution in [1.82, 2.24) is 0 Å². The fourth-order valence-electron chi connectivity index (χ4n) is 0.892. The van der Waals surface area contributed by atoms with Crippen molar-refractivity contribution in [3.05, 3.63) is 0 Å². The molecule has 0 aromatic carbocycles. The molecule has 0 fully saturated rings. The molecule has 0 amide bonds. The van der Waals surface area contributed by atoms with Crippen LogP contribution in [0.3, 0.4) is 0 Å². The second-order valence-corrected chi connectivity index (χ2v) is 5.48. The highest BCUT2D eigenvalue weighted by molar-refractivity contribution is 7.80. The predicted octanol–water partition coefficient (Wildman–Crippen LogP) is 2.02. The Hall–Kier alpha value is -0.130. The van der Waals surface area contributed by atoms with Gasteiger partial charge in [0, 0.05) is 0 Å². The van der Waals surface area contributed by atoms with Gasteiger partial charge in [-0.2, -0.15) is 8.42 Å². The molecule has 13 heavy (non-hydrogen) atoms. The first-order valence-corrected chi connectivity index (χ1v) is 5.62. The molecule has 0 aromatic heterocycles. The van der Waals surface area contributed by atoms with Crippen LogP contribution in [-0.2, 0) is 14.6 Å². The monoisotopic (exact) mass is 210 g/mol. The third-order valence-corrected chi connectivity index (χ3v) is 2.16. The van der Waals surface area contributed by atoms with E-state index < -0.39 is 16.5 Å². The molecule has 5 heteroatoms. The molecule has 0 saturated heterocycles. The Balaban J connectivity index is 3.84. The molecule has 0 saturated carbocycles. The first-order chi connectivity index (χ1) is 5.60. The van der Waals surface area contributed by atoms with Gasteiger partial charge in [-0.05, 0) is 25.2 Å². The second-order valence-electron chi connectivity index (χ2n) is 4.43. The standard InChI is InChI=1S/C8H18O4S/c1-7(12-13(9,10)11)5-6-8(2,3)4/h7H,5-6H2,1-4H3,(H,9,10,11). The average Bonchev–Trinajstić information content (AvgIpc) is 1.78. The Labute approximate surface area is 80.2 Å². The Bertz CT molecular complexity index is 237. The van der Waals surface area contributed by atoms with E-state index in [1.165, 1.54) is 0 Å². The molecule has 1 unspecified atom stereocenters. The lowest BCUT2D eigenvalue weighted by atomic mass is 9.89. The Morgan fingerprint density at radius 1 is 1.38 bits per heavy atom. The molecule has 4 nitrogen and oxygen atoms in total. The van der Waals surface area contributed by atoms with Crippen LogP contribution in [0.1, 0.15) is 40.5 Å². The van der Waals surface area contributed by atoms with Crippen molar-refractivity contribution in [2.24, 2.45) is 5.41 Å². The van der Waals surface area contributed by atoms with E-state index in [2.05, 4.69) is 25.0 Å². The predicted molar refractivity (Wildman–Crippen MR) is 50.8 cm³/mol.